The largest absolute Gasteiger partial charge is 0.497 e. The summed E-state index contributed by atoms with van der Waals surface area (Å²) in [5, 5.41) is 11.7. The second-order valence-electron chi connectivity index (χ2n) is 15.2. The summed E-state index contributed by atoms with van der Waals surface area (Å²) >= 11 is 6.66. The standard InChI is InChI=1S/C40H46ClN3O8Si/c1-24-38(53(4,5)31-15-13-30(50-3)14-16-31)34(20-35(47)42-18-6-7-29(42)23-45)52-40(24)32-19-27(41)10-17-33(32)43(39(40)49)22-26-8-11-28(12-9-26)44-36(48)21-37(44)51-25(2)46/h8-17,19,24,29,34,37-38,45H,6-7,18,20-23H2,1-5H3/t24-,29-,34+,37?,38-,40+/m0/s1. The second kappa shape index (κ2) is 14.2. The van der Waals surface area contributed by atoms with Crippen LogP contribution in [0.4, 0.5) is 11.4 Å². The number of esters is 1. The summed E-state index contributed by atoms with van der Waals surface area (Å²) in [5.74, 6) is -0.468. The molecule has 1 N–H and O–H groups in total. The molecular formula is C40H46ClN3O8Si. The molecule has 0 saturated carbocycles. The molecule has 0 aliphatic carbocycles. The maximum Gasteiger partial charge on any atom is 0.304 e. The van der Waals surface area contributed by atoms with Gasteiger partial charge in [-0.3, -0.25) is 24.1 Å². The minimum Gasteiger partial charge on any atom is -0.497 e. The second-order valence-corrected chi connectivity index (χ2v) is 20.3. The summed E-state index contributed by atoms with van der Waals surface area (Å²) in [6, 6.07) is 20.6. The zero-order valence-electron chi connectivity index (χ0n) is 30.7. The van der Waals surface area contributed by atoms with Crippen molar-refractivity contribution >= 4 is 59.9 Å². The number of amides is 3. The molecule has 3 fully saturated rings. The zero-order chi connectivity index (χ0) is 37.8. The van der Waals surface area contributed by atoms with Gasteiger partial charge in [0.15, 0.2) is 11.8 Å². The number of anilines is 2. The minimum absolute atomic E-state index is 0.0781. The van der Waals surface area contributed by atoms with Gasteiger partial charge in [0.2, 0.25) is 11.8 Å². The molecule has 4 heterocycles. The van der Waals surface area contributed by atoms with Gasteiger partial charge in [-0.05, 0) is 66.4 Å². The van der Waals surface area contributed by atoms with Crippen LogP contribution in [0.2, 0.25) is 23.7 Å². The molecule has 53 heavy (non-hydrogen) atoms. The maximum absolute atomic E-state index is 15.1. The van der Waals surface area contributed by atoms with E-state index in [0.29, 0.717) is 28.5 Å². The number of aliphatic hydroxyl groups excluding tert-OH is 1. The summed E-state index contributed by atoms with van der Waals surface area (Å²) in [6.45, 7) is 8.66. The van der Waals surface area contributed by atoms with E-state index in [-0.39, 0.29) is 61.2 Å². The molecule has 1 unspecified atom stereocenters. The van der Waals surface area contributed by atoms with Crippen molar-refractivity contribution in [1.29, 1.82) is 0 Å². The lowest BCUT2D eigenvalue weighted by Crippen LogP contribution is -2.54. The number of halogens is 1. The molecule has 0 aromatic heterocycles. The van der Waals surface area contributed by atoms with E-state index in [1.54, 1.807) is 35.1 Å². The highest BCUT2D eigenvalue weighted by Crippen LogP contribution is 2.60. The quantitative estimate of drug-likeness (QED) is 0.172. The Kier molecular flexibility index (Phi) is 9.94. The molecule has 280 valence electrons. The molecule has 4 aliphatic heterocycles. The van der Waals surface area contributed by atoms with Crippen molar-refractivity contribution in [3.05, 3.63) is 82.9 Å². The summed E-state index contributed by atoms with van der Waals surface area (Å²) in [6.07, 6.45) is 0.603. The van der Waals surface area contributed by atoms with Crippen LogP contribution in [0.25, 0.3) is 0 Å². The molecule has 3 aromatic rings. The van der Waals surface area contributed by atoms with E-state index in [0.717, 1.165) is 29.3 Å². The van der Waals surface area contributed by atoms with Crippen LogP contribution < -0.4 is 19.7 Å². The van der Waals surface area contributed by atoms with E-state index < -0.39 is 32.0 Å². The predicted molar refractivity (Wildman–Crippen MR) is 203 cm³/mol. The van der Waals surface area contributed by atoms with Crippen molar-refractivity contribution in [3.8, 4) is 5.75 Å². The van der Waals surface area contributed by atoms with Crippen LogP contribution >= 0.6 is 11.6 Å². The van der Waals surface area contributed by atoms with Crippen molar-refractivity contribution < 1.29 is 38.5 Å². The maximum atomic E-state index is 15.1. The van der Waals surface area contributed by atoms with Gasteiger partial charge in [-0.15, -0.1) is 0 Å². The molecule has 11 nitrogen and oxygen atoms in total. The monoisotopic (exact) mass is 759 g/mol. The summed E-state index contributed by atoms with van der Waals surface area (Å²) in [5.41, 5.74) is 1.26. The SMILES string of the molecule is COc1ccc([Si](C)(C)[C@@H]2[C@@H](CC(=O)N3CCC[C@H]3CO)O[C@]3(C(=O)N(Cc4ccc(N5C(=O)CC5OC(C)=O)cc4)c4ccc(Cl)cc43)[C@H]2C)cc1. The van der Waals surface area contributed by atoms with Crippen LogP contribution in [-0.2, 0) is 40.8 Å². The number of carbonyl (C=O) groups is 4. The third-order valence-electron chi connectivity index (χ3n) is 11.8. The third-order valence-corrected chi connectivity index (χ3v) is 16.4. The molecule has 3 saturated heterocycles. The summed E-state index contributed by atoms with van der Waals surface area (Å²) in [4.78, 5) is 58.1. The number of benzene rings is 3. The first kappa shape index (κ1) is 37.1. The lowest BCUT2D eigenvalue weighted by Gasteiger charge is -2.39. The number of ether oxygens (including phenoxy) is 3. The number of carbonyl (C=O) groups excluding carboxylic acids is 4. The Labute approximate surface area is 315 Å². The molecule has 0 bridgehead atoms. The van der Waals surface area contributed by atoms with Crippen molar-refractivity contribution in [2.75, 3.05) is 30.1 Å². The van der Waals surface area contributed by atoms with E-state index in [9.17, 15) is 19.5 Å². The summed E-state index contributed by atoms with van der Waals surface area (Å²) < 4.78 is 17.9. The number of fused-ring (bicyclic) bond motifs is 2. The number of hydrogen-bond acceptors (Lipinski definition) is 8. The average molecular weight is 760 g/mol. The van der Waals surface area contributed by atoms with Gasteiger partial charge in [-0.2, -0.15) is 0 Å². The molecule has 1 spiro atoms. The predicted octanol–water partition coefficient (Wildman–Crippen LogP) is 5.11. The molecule has 13 heteroatoms. The Balaban J connectivity index is 1.24. The Morgan fingerprint density at radius 1 is 1.06 bits per heavy atom. The Morgan fingerprint density at radius 2 is 1.77 bits per heavy atom. The lowest BCUT2D eigenvalue weighted by molar-refractivity contribution is -0.154. The number of likely N-dealkylation sites (tertiary alicyclic amines) is 1. The fourth-order valence-electron chi connectivity index (χ4n) is 9.21. The molecule has 4 aliphatic rings. The van der Waals surface area contributed by atoms with E-state index in [1.807, 2.05) is 36.4 Å². The van der Waals surface area contributed by atoms with E-state index in [4.69, 9.17) is 25.8 Å². The topological polar surface area (TPSA) is 126 Å². The van der Waals surface area contributed by atoms with Crippen molar-refractivity contribution in [2.24, 2.45) is 5.92 Å². The fourth-order valence-corrected chi connectivity index (χ4v) is 13.4. The van der Waals surface area contributed by atoms with Crippen LogP contribution in [-0.4, -0.2) is 80.4 Å². The minimum atomic E-state index is -2.50. The number of nitrogens with zero attached hydrogens (tertiary/aromatic N) is 3. The lowest BCUT2D eigenvalue weighted by atomic mass is 9.82. The first-order chi connectivity index (χ1) is 25.3. The normalized spacial score (nSPS) is 26.6. The smallest absolute Gasteiger partial charge is 0.304 e. The number of hydrogen-bond donors (Lipinski definition) is 1. The van der Waals surface area contributed by atoms with Gasteiger partial charge in [0.1, 0.15) is 5.75 Å². The highest BCUT2D eigenvalue weighted by atomic mass is 35.5. The molecule has 0 radical (unpaired) electrons. The summed E-state index contributed by atoms with van der Waals surface area (Å²) in [7, 11) is -0.863. The van der Waals surface area contributed by atoms with Crippen LogP contribution in [0.3, 0.4) is 0 Å². The third kappa shape index (κ3) is 6.33. The van der Waals surface area contributed by atoms with Crippen LogP contribution in [0.15, 0.2) is 66.7 Å². The van der Waals surface area contributed by atoms with Crippen molar-refractivity contribution in [3.63, 3.8) is 0 Å². The molecule has 3 amide bonds. The molecule has 7 rings (SSSR count). The Morgan fingerprint density at radius 3 is 2.42 bits per heavy atom. The Bertz CT molecular complexity index is 1920. The van der Waals surface area contributed by atoms with Gasteiger partial charge in [0, 0.05) is 35.7 Å². The molecule has 6 atom stereocenters. The fraction of sp³-hybridized carbons (Fsp3) is 0.450. The number of rotatable bonds is 10. The average Bonchev–Trinajstić information content (AvgIpc) is 3.79. The molecular weight excluding hydrogens is 714 g/mol. The van der Waals surface area contributed by atoms with Crippen molar-refractivity contribution in [2.45, 2.75) is 88.7 Å². The van der Waals surface area contributed by atoms with Gasteiger partial charge in [-0.1, -0.05) is 61.1 Å². The van der Waals surface area contributed by atoms with Crippen LogP contribution in [0.5, 0.6) is 5.75 Å². The van der Waals surface area contributed by atoms with Gasteiger partial charge in [-0.25, -0.2) is 0 Å². The van der Waals surface area contributed by atoms with Gasteiger partial charge in [0.25, 0.3) is 5.91 Å². The molecule has 3 aromatic carbocycles. The van der Waals surface area contributed by atoms with E-state index in [2.05, 4.69) is 32.2 Å². The number of aliphatic hydroxyl groups is 1. The highest BCUT2D eigenvalue weighted by Gasteiger charge is 2.66. The van der Waals surface area contributed by atoms with Gasteiger partial charge in [0.05, 0.1) is 59.0 Å². The highest BCUT2D eigenvalue weighted by molar-refractivity contribution is 6.91. The first-order valence-corrected chi connectivity index (χ1v) is 21.7. The Hall–Kier alpha value is -4.23. The first-order valence-electron chi connectivity index (χ1n) is 18.2. The van der Waals surface area contributed by atoms with Crippen LogP contribution in [0, 0.1) is 5.92 Å². The number of methoxy groups -OCH3 is 1. The number of β-lactam (4-membered cyclic amide) rings is 1. The van der Waals surface area contributed by atoms with E-state index in [1.165, 1.54) is 11.8 Å². The van der Waals surface area contributed by atoms with Gasteiger partial charge < -0.3 is 29.1 Å². The van der Waals surface area contributed by atoms with Crippen LogP contribution in [0.1, 0.15) is 50.7 Å². The van der Waals surface area contributed by atoms with Crippen molar-refractivity contribution in [1.82, 2.24) is 4.90 Å². The zero-order valence-corrected chi connectivity index (χ0v) is 32.5. The van der Waals surface area contributed by atoms with E-state index >= 15 is 4.79 Å². The van der Waals surface area contributed by atoms with Gasteiger partial charge >= 0.3 is 5.97 Å².